The molecule has 76 valence electrons. The molecule has 0 aliphatic rings. The zero-order chi connectivity index (χ0) is 10.5. The summed E-state index contributed by atoms with van der Waals surface area (Å²) >= 11 is 5.42. The van der Waals surface area contributed by atoms with Crippen LogP contribution in [0.1, 0.15) is 20.8 Å². The molecule has 0 aromatic heterocycles. The molecule has 1 nitrogen and oxygen atoms in total. The van der Waals surface area contributed by atoms with E-state index >= 15 is 0 Å². The van der Waals surface area contributed by atoms with Gasteiger partial charge < -0.3 is 4.43 Å². The smallest absolute Gasteiger partial charge is 0.193 e. The van der Waals surface area contributed by atoms with Crippen LogP contribution in [0.15, 0.2) is 0 Å². The van der Waals surface area contributed by atoms with E-state index in [9.17, 15) is 0 Å². The van der Waals surface area contributed by atoms with Gasteiger partial charge in [-0.05, 0) is 18.1 Å². The number of hydrogen-bond acceptors (Lipinski definition) is 1. The van der Waals surface area contributed by atoms with Gasteiger partial charge in [-0.2, -0.15) is 0 Å². The molecule has 0 aliphatic carbocycles. The van der Waals surface area contributed by atoms with Crippen LogP contribution in [0.25, 0.3) is 0 Å². The van der Waals surface area contributed by atoms with Crippen molar-refractivity contribution in [2.45, 2.75) is 38.9 Å². The SMILES string of the molecule is CC(C)(C)[Si](C)(C)OCC#CCCl. The second-order valence-electron chi connectivity index (χ2n) is 4.54. The largest absolute Gasteiger partial charge is 0.406 e. The van der Waals surface area contributed by atoms with E-state index in [1.54, 1.807) is 0 Å². The summed E-state index contributed by atoms with van der Waals surface area (Å²) in [4.78, 5) is 0. The monoisotopic (exact) mass is 218 g/mol. The third-order valence-corrected chi connectivity index (χ3v) is 7.12. The molecule has 3 heteroatoms. The van der Waals surface area contributed by atoms with Crippen LogP contribution in [0, 0.1) is 11.8 Å². The van der Waals surface area contributed by atoms with E-state index in [0.717, 1.165) is 0 Å². The Kier molecular flexibility index (Phi) is 5.05. The van der Waals surface area contributed by atoms with Crippen molar-refractivity contribution in [1.82, 2.24) is 0 Å². The maximum absolute atomic E-state index is 5.80. The number of rotatable bonds is 2. The molecule has 0 radical (unpaired) electrons. The fraction of sp³-hybridized carbons (Fsp3) is 0.800. The van der Waals surface area contributed by atoms with E-state index in [1.807, 2.05) is 0 Å². The minimum Gasteiger partial charge on any atom is -0.406 e. The topological polar surface area (TPSA) is 9.23 Å². The minimum absolute atomic E-state index is 0.260. The van der Waals surface area contributed by atoms with E-state index in [1.165, 1.54) is 0 Å². The van der Waals surface area contributed by atoms with Gasteiger partial charge in [0, 0.05) is 0 Å². The molecule has 0 aromatic carbocycles. The predicted molar refractivity (Wildman–Crippen MR) is 61.6 cm³/mol. The Hall–Kier alpha value is 0.0269. The highest BCUT2D eigenvalue weighted by Crippen LogP contribution is 2.36. The zero-order valence-electron chi connectivity index (χ0n) is 9.20. The van der Waals surface area contributed by atoms with E-state index in [-0.39, 0.29) is 5.04 Å². The molecule has 0 saturated heterocycles. The van der Waals surface area contributed by atoms with Crippen molar-refractivity contribution in [2.75, 3.05) is 12.5 Å². The lowest BCUT2D eigenvalue weighted by molar-refractivity contribution is 0.334. The van der Waals surface area contributed by atoms with Crippen LogP contribution < -0.4 is 0 Å². The molecule has 0 bridgehead atoms. The molecule has 0 aliphatic heterocycles. The van der Waals surface area contributed by atoms with Crippen molar-refractivity contribution < 1.29 is 4.43 Å². The van der Waals surface area contributed by atoms with Crippen molar-refractivity contribution in [2.24, 2.45) is 0 Å². The van der Waals surface area contributed by atoms with Crippen LogP contribution in [0.5, 0.6) is 0 Å². The van der Waals surface area contributed by atoms with Crippen molar-refractivity contribution in [3.63, 3.8) is 0 Å². The molecular weight excluding hydrogens is 200 g/mol. The van der Waals surface area contributed by atoms with Gasteiger partial charge in [0.1, 0.15) is 0 Å². The Balaban J connectivity index is 4.04. The standard InChI is InChI=1S/C10H19ClOSi/c1-10(2,3)13(4,5)12-9-7-6-8-11/h8-9H2,1-5H3. The lowest BCUT2D eigenvalue weighted by Gasteiger charge is -2.35. The van der Waals surface area contributed by atoms with Crippen molar-refractivity contribution in [1.29, 1.82) is 0 Å². The lowest BCUT2D eigenvalue weighted by Crippen LogP contribution is -2.40. The highest BCUT2D eigenvalue weighted by molar-refractivity contribution is 6.74. The summed E-state index contributed by atoms with van der Waals surface area (Å²) < 4.78 is 5.80. The third kappa shape index (κ3) is 4.71. The fourth-order valence-electron chi connectivity index (χ4n) is 0.531. The van der Waals surface area contributed by atoms with Gasteiger partial charge >= 0.3 is 0 Å². The summed E-state index contributed by atoms with van der Waals surface area (Å²) in [7, 11) is -1.60. The summed E-state index contributed by atoms with van der Waals surface area (Å²) in [5, 5.41) is 0.260. The van der Waals surface area contributed by atoms with Gasteiger partial charge in [-0.25, -0.2) is 0 Å². The molecule has 13 heavy (non-hydrogen) atoms. The van der Waals surface area contributed by atoms with E-state index in [4.69, 9.17) is 16.0 Å². The maximum Gasteiger partial charge on any atom is 0.193 e. The average molecular weight is 219 g/mol. The van der Waals surface area contributed by atoms with Gasteiger partial charge in [-0.1, -0.05) is 32.6 Å². The first kappa shape index (κ1) is 13.0. The minimum atomic E-state index is -1.60. The van der Waals surface area contributed by atoms with Crippen LogP contribution in [0.3, 0.4) is 0 Å². The van der Waals surface area contributed by atoms with Crippen LogP contribution >= 0.6 is 11.6 Å². The van der Waals surface area contributed by atoms with Gasteiger partial charge in [0.25, 0.3) is 0 Å². The lowest BCUT2D eigenvalue weighted by atomic mass is 10.2. The number of halogens is 1. The Morgan fingerprint density at radius 2 is 1.77 bits per heavy atom. The normalized spacial score (nSPS) is 12.2. The van der Waals surface area contributed by atoms with Crippen LogP contribution in [-0.2, 0) is 4.43 Å². The molecule has 0 heterocycles. The van der Waals surface area contributed by atoms with Gasteiger partial charge in [0.2, 0.25) is 0 Å². The maximum atomic E-state index is 5.80. The zero-order valence-corrected chi connectivity index (χ0v) is 11.0. The van der Waals surface area contributed by atoms with E-state index in [2.05, 4.69) is 45.7 Å². The average Bonchev–Trinajstić information content (AvgIpc) is 1.96. The van der Waals surface area contributed by atoms with E-state index in [0.29, 0.717) is 12.5 Å². The summed E-state index contributed by atoms with van der Waals surface area (Å²) in [6, 6.07) is 0. The number of alkyl halides is 1. The molecular formula is C10H19ClOSi. The molecule has 0 rings (SSSR count). The Morgan fingerprint density at radius 3 is 2.15 bits per heavy atom. The van der Waals surface area contributed by atoms with Gasteiger partial charge in [0.15, 0.2) is 8.32 Å². The molecule has 0 saturated carbocycles. The summed E-state index contributed by atoms with van der Waals surface area (Å²) in [5.41, 5.74) is 0. The fourth-order valence-corrected chi connectivity index (χ4v) is 1.49. The molecule has 0 unspecified atom stereocenters. The Morgan fingerprint density at radius 1 is 1.23 bits per heavy atom. The first-order chi connectivity index (χ1) is 5.81. The molecule has 0 amide bonds. The van der Waals surface area contributed by atoms with Crippen molar-refractivity contribution in [3.8, 4) is 11.8 Å². The summed E-state index contributed by atoms with van der Waals surface area (Å²) in [6.07, 6.45) is 0. The Labute approximate surface area is 87.9 Å². The van der Waals surface area contributed by atoms with Gasteiger partial charge in [0.05, 0.1) is 12.5 Å². The summed E-state index contributed by atoms with van der Waals surface area (Å²) in [5.74, 6) is 6.07. The molecule has 0 atom stereocenters. The molecule has 0 N–H and O–H groups in total. The molecule has 0 spiro atoms. The van der Waals surface area contributed by atoms with E-state index < -0.39 is 8.32 Å². The van der Waals surface area contributed by atoms with Crippen LogP contribution in [0.2, 0.25) is 18.1 Å². The molecule has 0 fully saturated rings. The van der Waals surface area contributed by atoms with Crippen molar-refractivity contribution in [3.05, 3.63) is 0 Å². The predicted octanol–water partition coefficient (Wildman–Crippen LogP) is 3.25. The van der Waals surface area contributed by atoms with Crippen LogP contribution in [0.4, 0.5) is 0 Å². The first-order valence-corrected chi connectivity index (χ1v) is 7.91. The second kappa shape index (κ2) is 5.04. The highest BCUT2D eigenvalue weighted by atomic mass is 35.5. The van der Waals surface area contributed by atoms with Gasteiger partial charge in [-0.15, -0.1) is 11.6 Å². The highest BCUT2D eigenvalue weighted by Gasteiger charge is 2.36. The number of hydrogen-bond donors (Lipinski definition) is 0. The van der Waals surface area contributed by atoms with Crippen LogP contribution in [-0.4, -0.2) is 20.8 Å². The third-order valence-electron chi connectivity index (χ3n) is 2.50. The summed E-state index contributed by atoms with van der Waals surface area (Å²) in [6.45, 7) is 11.6. The Bertz CT molecular complexity index is 207. The van der Waals surface area contributed by atoms with Crippen molar-refractivity contribution >= 4 is 19.9 Å². The second-order valence-corrected chi connectivity index (χ2v) is 9.61. The quantitative estimate of drug-likeness (QED) is 0.393. The van der Waals surface area contributed by atoms with Gasteiger partial charge in [-0.3, -0.25) is 0 Å². The first-order valence-electron chi connectivity index (χ1n) is 4.47. The molecule has 0 aromatic rings.